The Bertz CT molecular complexity index is 2770. The molecule has 0 saturated heterocycles. The van der Waals surface area contributed by atoms with Crippen LogP contribution in [0.3, 0.4) is 0 Å². The SMILES string of the molecule is COc1ccc(NC(=O)c2cc(Cl)cc(N=NC(C(C)=O)C(=O)Nc3ccc(NC(=O)C(N=Nc4cc(Cl)cc(C(=O)Nc5ccc(OC)cc5CCl)c4)C(C)=O)c(CCCl)c3)c2)c(CCl)c1. The van der Waals surface area contributed by atoms with Crippen LogP contribution >= 0.6 is 58.0 Å². The summed E-state index contributed by atoms with van der Waals surface area (Å²) in [6.45, 7) is 2.32. The third-order valence-electron chi connectivity index (χ3n) is 9.54. The number of Topliss-reactive ketones (excluding diaryl/α,β-unsaturated/α-hetero) is 2. The Kier molecular flexibility index (Phi) is 18.8. The summed E-state index contributed by atoms with van der Waals surface area (Å²) < 4.78 is 10.4. The van der Waals surface area contributed by atoms with Crippen LogP contribution in [-0.2, 0) is 37.4 Å². The third kappa shape index (κ3) is 14.3. The van der Waals surface area contributed by atoms with Crippen molar-refractivity contribution >= 4 is 127 Å². The van der Waals surface area contributed by atoms with Gasteiger partial charge in [0, 0.05) is 61.6 Å². The van der Waals surface area contributed by atoms with Crippen LogP contribution in [0.1, 0.15) is 51.3 Å². The van der Waals surface area contributed by atoms with Gasteiger partial charge < -0.3 is 30.7 Å². The molecule has 0 saturated carbocycles. The summed E-state index contributed by atoms with van der Waals surface area (Å²) in [5, 5.41) is 27.2. The largest absolute Gasteiger partial charge is 0.497 e. The molecule has 16 nitrogen and oxygen atoms in total. The lowest BCUT2D eigenvalue weighted by Crippen LogP contribution is -2.32. The number of ether oxygens (including phenoxy) is 2. The Balaban J connectivity index is 1.28. The number of carbonyl (C=O) groups excluding carboxylic acids is 6. The molecule has 5 rings (SSSR count). The van der Waals surface area contributed by atoms with Crippen LogP contribution in [-0.4, -0.2) is 67.4 Å². The molecule has 4 N–H and O–H groups in total. The molecule has 5 aromatic rings. The lowest BCUT2D eigenvalue weighted by atomic mass is 10.1. The zero-order chi connectivity index (χ0) is 48.8. The standard InChI is InChI=1S/C46H41Cl5N8O8/c1-24(60)41(58-56-34-16-27(13-31(50)20-34)43(62)53-39-9-6-36(66-3)18-29(39)22-48)45(64)52-33-5-8-38(26(15-33)11-12-47)55-46(65)42(25(2)61)59-57-35-17-28(14-32(51)21-35)44(63)54-40-10-7-37(67-4)19-30(40)23-49/h5-10,13-21,41-42H,11-12,22-23H2,1-4H3,(H,52,64)(H,53,62)(H,54,63)(H,55,65). The van der Waals surface area contributed by atoms with Crippen molar-refractivity contribution in [2.75, 3.05) is 41.4 Å². The number of ketones is 2. The number of halogens is 5. The molecule has 0 fully saturated rings. The molecule has 2 atom stereocenters. The van der Waals surface area contributed by atoms with Gasteiger partial charge in [-0.2, -0.15) is 20.5 Å². The number of hydrogen-bond acceptors (Lipinski definition) is 12. The Morgan fingerprint density at radius 3 is 1.39 bits per heavy atom. The van der Waals surface area contributed by atoms with E-state index in [1.165, 1.54) is 68.8 Å². The summed E-state index contributed by atoms with van der Waals surface area (Å²) in [5.41, 5.74) is 3.45. The van der Waals surface area contributed by atoms with E-state index in [4.69, 9.17) is 67.5 Å². The number of carbonyl (C=O) groups is 6. The van der Waals surface area contributed by atoms with Crippen molar-refractivity contribution in [2.45, 2.75) is 44.1 Å². The normalized spacial score (nSPS) is 12.0. The third-order valence-corrected chi connectivity index (χ3v) is 10.7. The minimum absolute atomic E-state index is 0.0855. The predicted octanol–water partition coefficient (Wildman–Crippen LogP) is 11.1. The number of aryl methyl sites for hydroxylation is 1. The van der Waals surface area contributed by atoms with Gasteiger partial charge in [-0.3, -0.25) is 28.8 Å². The van der Waals surface area contributed by atoms with Crippen LogP contribution in [0, 0.1) is 0 Å². The first kappa shape index (κ1) is 51.6. The van der Waals surface area contributed by atoms with E-state index in [9.17, 15) is 28.8 Å². The maximum Gasteiger partial charge on any atom is 0.258 e. The number of azo groups is 2. The quantitative estimate of drug-likeness (QED) is 0.0333. The van der Waals surface area contributed by atoms with E-state index in [1.807, 2.05) is 0 Å². The lowest BCUT2D eigenvalue weighted by molar-refractivity contribution is -0.127. The van der Waals surface area contributed by atoms with Crippen LogP contribution in [0.25, 0.3) is 0 Å². The molecule has 5 aromatic carbocycles. The fourth-order valence-corrected chi connectivity index (χ4v) is 7.28. The molecule has 0 bridgehead atoms. The number of amides is 4. The first-order valence-corrected chi connectivity index (χ1v) is 22.2. The molecule has 4 amide bonds. The zero-order valence-electron chi connectivity index (χ0n) is 36.1. The van der Waals surface area contributed by atoms with E-state index in [0.29, 0.717) is 39.6 Å². The molecule has 0 aliphatic heterocycles. The second-order valence-electron chi connectivity index (χ2n) is 14.4. The van der Waals surface area contributed by atoms with Gasteiger partial charge in [-0.15, -0.1) is 34.8 Å². The second-order valence-corrected chi connectivity index (χ2v) is 16.1. The van der Waals surface area contributed by atoms with Crippen molar-refractivity contribution in [3.05, 3.63) is 129 Å². The Hall–Kier alpha value is -6.43. The van der Waals surface area contributed by atoms with Crippen molar-refractivity contribution in [1.29, 1.82) is 0 Å². The number of anilines is 4. The van der Waals surface area contributed by atoms with Crippen molar-refractivity contribution in [2.24, 2.45) is 20.5 Å². The molecule has 348 valence electrons. The van der Waals surface area contributed by atoms with Gasteiger partial charge in [-0.1, -0.05) is 23.2 Å². The average Bonchev–Trinajstić information content (AvgIpc) is 3.29. The number of nitrogens with one attached hydrogen (secondary N) is 4. The molecule has 2 unspecified atom stereocenters. The number of benzene rings is 5. The van der Waals surface area contributed by atoms with Gasteiger partial charge in [0.15, 0.2) is 11.6 Å². The van der Waals surface area contributed by atoms with Crippen molar-refractivity contribution in [3.8, 4) is 11.5 Å². The number of rotatable bonds is 20. The van der Waals surface area contributed by atoms with Gasteiger partial charge in [-0.25, -0.2) is 0 Å². The van der Waals surface area contributed by atoms with Gasteiger partial charge in [0.25, 0.3) is 23.6 Å². The molecule has 0 aliphatic carbocycles. The topological polar surface area (TPSA) is 218 Å². The fourth-order valence-electron chi connectivity index (χ4n) is 6.17. The highest BCUT2D eigenvalue weighted by molar-refractivity contribution is 6.32. The van der Waals surface area contributed by atoms with Crippen molar-refractivity contribution in [3.63, 3.8) is 0 Å². The molecular weight excluding hydrogens is 970 g/mol. The molecule has 0 aliphatic rings. The minimum Gasteiger partial charge on any atom is -0.497 e. The van der Waals surface area contributed by atoms with E-state index < -0.39 is 47.3 Å². The fraction of sp³-hybridized carbons (Fsp3) is 0.217. The summed E-state index contributed by atoms with van der Waals surface area (Å²) in [6.07, 6.45) is 0.204. The molecule has 21 heteroatoms. The van der Waals surface area contributed by atoms with Crippen LogP contribution < -0.4 is 30.7 Å². The second kappa shape index (κ2) is 24.4. The van der Waals surface area contributed by atoms with E-state index in [-0.39, 0.29) is 68.0 Å². The number of alkyl halides is 3. The summed E-state index contributed by atoms with van der Waals surface area (Å²) in [5.74, 6) is -2.61. The monoisotopic (exact) mass is 1010 g/mol. The molecule has 0 radical (unpaired) electrons. The van der Waals surface area contributed by atoms with Crippen LogP contribution in [0.2, 0.25) is 10.0 Å². The van der Waals surface area contributed by atoms with Gasteiger partial charge in [-0.05, 0) is 128 Å². The van der Waals surface area contributed by atoms with E-state index in [0.717, 1.165) is 13.8 Å². The number of nitrogens with zero attached hydrogens (tertiary/aromatic N) is 4. The van der Waals surface area contributed by atoms with Gasteiger partial charge in [0.05, 0.1) is 25.6 Å². The minimum atomic E-state index is -1.62. The van der Waals surface area contributed by atoms with Gasteiger partial charge >= 0.3 is 0 Å². The maximum atomic E-state index is 13.5. The average molecular weight is 1010 g/mol. The van der Waals surface area contributed by atoms with E-state index >= 15 is 0 Å². The summed E-state index contributed by atoms with van der Waals surface area (Å²) >= 11 is 30.9. The zero-order valence-corrected chi connectivity index (χ0v) is 39.9. The first-order chi connectivity index (χ1) is 32.0. The first-order valence-electron chi connectivity index (χ1n) is 19.9. The smallest absolute Gasteiger partial charge is 0.258 e. The highest BCUT2D eigenvalue weighted by Crippen LogP contribution is 2.30. The van der Waals surface area contributed by atoms with E-state index in [2.05, 4.69) is 41.7 Å². The van der Waals surface area contributed by atoms with Crippen LogP contribution in [0.5, 0.6) is 11.5 Å². The molecule has 0 spiro atoms. The summed E-state index contributed by atoms with van der Waals surface area (Å²) in [4.78, 5) is 78.7. The summed E-state index contributed by atoms with van der Waals surface area (Å²) in [6, 6.07) is 19.6. The highest BCUT2D eigenvalue weighted by atomic mass is 35.5. The highest BCUT2D eigenvalue weighted by Gasteiger charge is 2.26. The van der Waals surface area contributed by atoms with Crippen LogP contribution in [0.4, 0.5) is 34.1 Å². The molecule has 67 heavy (non-hydrogen) atoms. The molecule has 0 heterocycles. The Morgan fingerprint density at radius 1 is 0.537 bits per heavy atom. The van der Waals surface area contributed by atoms with Crippen LogP contribution in [0.15, 0.2) is 111 Å². The van der Waals surface area contributed by atoms with Crippen molar-refractivity contribution in [1.82, 2.24) is 0 Å². The lowest BCUT2D eigenvalue weighted by Gasteiger charge is -2.15. The predicted molar refractivity (Wildman–Crippen MR) is 260 cm³/mol. The Morgan fingerprint density at radius 2 is 0.970 bits per heavy atom. The van der Waals surface area contributed by atoms with Crippen molar-refractivity contribution < 1.29 is 38.2 Å². The maximum absolute atomic E-state index is 13.5. The molecule has 0 aromatic heterocycles. The van der Waals surface area contributed by atoms with Gasteiger partial charge in [0.2, 0.25) is 12.1 Å². The number of methoxy groups -OCH3 is 2. The van der Waals surface area contributed by atoms with E-state index in [1.54, 1.807) is 36.4 Å². The Labute approximate surface area is 409 Å². The molecular formula is C46H41Cl5N8O8. The summed E-state index contributed by atoms with van der Waals surface area (Å²) in [7, 11) is 3.02. The number of hydrogen-bond donors (Lipinski definition) is 4. The van der Waals surface area contributed by atoms with Gasteiger partial charge in [0.1, 0.15) is 11.5 Å².